The van der Waals surface area contributed by atoms with Crippen LogP contribution in [0.5, 0.6) is 0 Å². The van der Waals surface area contributed by atoms with Gasteiger partial charge in [0.05, 0.1) is 13.2 Å². The zero-order valence-corrected chi connectivity index (χ0v) is 16.0. The third-order valence-electron chi connectivity index (χ3n) is 5.69. The number of methoxy groups -OCH3 is 1. The van der Waals surface area contributed by atoms with Gasteiger partial charge >= 0.3 is 6.03 Å². The van der Waals surface area contributed by atoms with Crippen molar-refractivity contribution in [2.45, 2.75) is 25.4 Å². The topological polar surface area (TPSA) is 68.4 Å². The summed E-state index contributed by atoms with van der Waals surface area (Å²) in [6.07, 6.45) is -0.439. The largest absolute Gasteiger partial charge is 0.383 e. The molecule has 4 atom stereocenters. The summed E-state index contributed by atoms with van der Waals surface area (Å²) in [5.41, 5.74) is 1.11. The summed E-state index contributed by atoms with van der Waals surface area (Å²) >= 11 is 0. The number of benzene rings is 1. The fourth-order valence-electron chi connectivity index (χ4n) is 4.43. The Balaban J connectivity index is 1.65. The van der Waals surface area contributed by atoms with Crippen molar-refractivity contribution in [1.82, 2.24) is 20.0 Å². The van der Waals surface area contributed by atoms with Crippen molar-refractivity contribution in [3.05, 3.63) is 30.3 Å². The molecule has 0 aromatic heterocycles. The van der Waals surface area contributed by atoms with Crippen LogP contribution >= 0.6 is 0 Å². The van der Waals surface area contributed by atoms with Crippen LogP contribution in [-0.2, 0) is 9.53 Å². The summed E-state index contributed by atoms with van der Waals surface area (Å²) in [5, 5.41) is 3.53. The molecule has 3 heterocycles. The first kappa shape index (κ1) is 18.2. The van der Waals surface area contributed by atoms with Gasteiger partial charge in [-0.15, -0.1) is 0 Å². The lowest BCUT2D eigenvalue weighted by molar-refractivity contribution is -0.139. The SMILES string of the molecule is COCCN1C(=O)C2C(NC3N(c4ccccc4)CC(C)CN23)N(C)C1=O. The number of para-hydroxylation sites is 1. The molecule has 4 rings (SSSR count). The summed E-state index contributed by atoms with van der Waals surface area (Å²) < 4.78 is 5.08. The van der Waals surface area contributed by atoms with Crippen LogP contribution in [0.2, 0.25) is 0 Å². The van der Waals surface area contributed by atoms with Gasteiger partial charge in [-0.1, -0.05) is 25.1 Å². The molecule has 3 fully saturated rings. The van der Waals surface area contributed by atoms with Crippen molar-refractivity contribution in [1.29, 1.82) is 0 Å². The molecular weight excluding hydrogens is 346 g/mol. The number of carbonyl (C=O) groups is 2. The molecule has 0 saturated carbocycles. The Morgan fingerprint density at radius 2 is 1.93 bits per heavy atom. The van der Waals surface area contributed by atoms with Crippen LogP contribution in [-0.4, -0.2) is 85.5 Å². The Morgan fingerprint density at radius 1 is 1.19 bits per heavy atom. The number of nitrogens with zero attached hydrogens (tertiary/aromatic N) is 4. The van der Waals surface area contributed by atoms with Crippen LogP contribution in [0.3, 0.4) is 0 Å². The molecule has 27 heavy (non-hydrogen) atoms. The minimum atomic E-state index is -0.386. The fraction of sp³-hybridized carbons (Fsp3) is 0.579. The normalized spacial score (nSPS) is 31.3. The van der Waals surface area contributed by atoms with E-state index in [4.69, 9.17) is 4.74 Å². The Kier molecular flexibility index (Phi) is 4.79. The van der Waals surface area contributed by atoms with E-state index in [0.29, 0.717) is 12.5 Å². The average Bonchev–Trinajstić information content (AvgIpc) is 3.06. The zero-order chi connectivity index (χ0) is 19.1. The quantitative estimate of drug-likeness (QED) is 0.832. The molecule has 0 spiro atoms. The molecule has 3 aliphatic rings. The Morgan fingerprint density at radius 3 is 2.63 bits per heavy atom. The van der Waals surface area contributed by atoms with Gasteiger partial charge in [-0.05, 0) is 18.1 Å². The van der Waals surface area contributed by atoms with Crippen molar-refractivity contribution in [3.8, 4) is 0 Å². The molecule has 8 heteroatoms. The summed E-state index contributed by atoms with van der Waals surface area (Å²) in [4.78, 5) is 33.4. The molecule has 0 aliphatic carbocycles. The lowest BCUT2D eigenvalue weighted by atomic mass is 10.0. The minimum absolute atomic E-state index is 0.111. The van der Waals surface area contributed by atoms with Gasteiger partial charge in [-0.3, -0.25) is 19.9 Å². The zero-order valence-electron chi connectivity index (χ0n) is 16.0. The van der Waals surface area contributed by atoms with Gasteiger partial charge in [0.2, 0.25) is 0 Å². The van der Waals surface area contributed by atoms with Crippen LogP contribution in [0, 0.1) is 5.92 Å². The first-order chi connectivity index (χ1) is 13.0. The van der Waals surface area contributed by atoms with Crippen molar-refractivity contribution in [3.63, 3.8) is 0 Å². The minimum Gasteiger partial charge on any atom is -0.383 e. The number of fused-ring (bicyclic) bond motifs is 3. The number of imide groups is 1. The standard InChI is InChI=1S/C19H27N5O3/c1-13-11-23(14-7-5-4-6-8-14)18-20-16-15(24(18)12-13)17(25)22(9-10-27-3)19(26)21(16)2/h4-8,13,15-16,18,20H,9-12H2,1-3H3. The van der Waals surface area contributed by atoms with E-state index in [1.54, 1.807) is 19.1 Å². The molecule has 3 aliphatic heterocycles. The first-order valence-electron chi connectivity index (χ1n) is 9.43. The van der Waals surface area contributed by atoms with Crippen LogP contribution in [0.25, 0.3) is 0 Å². The highest BCUT2D eigenvalue weighted by Gasteiger charge is 2.56. The summed E-state index contributed by atoms with van der Waals surface area (Å²) in [5.74, 6) is 0.266. The highest BCUT2D eigenvalue weighted by molar-refractivity contribution is 6.00. The van der Waals surface area contributed by atoms with Crippen molar-refractivity contribution >= 4 is 17.6 Å². The second kappa shape index (κ2) is 7.10. The maximum absolute atomic E-state index is 13.2. The molecule has 0 bridgehead atoms. The molecule has 3 saturated heterocycles. The number of hydrogen-bond donors (Lipinski definition) is 1. The van der Waals surface area contributed by atoms with Crippen molar-refractivity contribution < 1.29 is 14.3 Å². The molecule has 3 amide bonds. The predicted molar refractivity (Wildman–Crippen MR) is 101 cm³/mol. The van der Waals surface area contributed by atoms with E-state index in [1.165, 1.54) is 4.90 Å². The van der Waals surface area contributed by atoms with Gasteiger partial charge in [0.15, 0.2) is 0 Å². The van der Waals surface area contributed by atoms with Crippen LogP contribution in [0.4, 0.5) is 10.5 Å². The van der Waals surface area contributed by atoms with Gasteiger partial charge < -0.3 is 14.5 Å². The third-order valence-corrected chi connectivity index (χ3v) is 5.69. The van der Waals surface area contributed by atoms with Gasteiger partial charge in [-0.2, -0.15) is 0 Å². The molecule has 1 aromatic rings. The number of ether oxygens (including phenoxy) is 1. The summed E-state index contributed by atoms with van der Waals surface area (Å²) in [7, 11) is 3.33. The predicted octanol–water partition coefficient (Wildman–Crippen LogP) is 0.567. The van der Waals surface area contributed by atoms with Gasteiger partial charge in [-0.25, -0.2) is 4.79 Å². The Bertz CT molecular complexity index is 715. The van der Waals surface area contributed by atoms with Crippen LogP contribution in [0.1, 0.15) is 6.92 Å². The number of amides is 3. The summed E-state index contributed by atoms with van der Waals surface area (Å²) in [6, 6.07) is 9.55. The van der Waals surface area contributed by atoms with E-state index in [9.17, 15) is 9.59 Å². The number of urea groups is 1. The maximum atomic E-state index is 13.2. The maximum Gasteiger partial charge on any atom is 0.327 e. The number of hydrogen-bond acceptors (Lipinski definition) is 6. The highest BCUT2D eigenvalue weighted by Crippen LogP contribution is 2.34. The van der Waals surface area contributed by atoms with E-state index >= 15 is 0 Å². The molecule has 8 nitrogen and oxygen atoms in total. The van der Waals surface area contributed by atoms with E-state index in [2.05, 4.69) is 34.2 Å². The fourth-order valence-corrected chi connectivity index (χ4v) is 4.43. The number of likely N-dealkylation sites (N-methyl/N-ethyl adjacent to an activating group) is 1. The van der Waals surface area contributed by atoms with E-state index in [-0.39, 0.29) is 37.0 Å². The molecule has 146 valence electrons. The Labute approximate surface area is 159 Å². The third kappa shape index (κ3) is 2.97. The van der Waals surface area contributed by atoms with Gasteiger partial charge in [0.1, 0.15) is 18.5 Å². The van der Waals surface area contributed by atoms with Crippen LogP contribution < -0.4 is 10.2 Å². The summed E-state index contributed by atoms with van der Waals surface area (Å²) in [6.45, 7) is 4.53. The first-order valence-corrected chi connectivity index (χ1v) is 9.43. The second-order valence-corrected chi connectivity index (χ2v) is 7.60. The molecule has 4 unspecified atom stereocenters. The van der Waals surface area contributed by atoms with E-state index in [1.807, 2.05) is 18.2 Å². The number of carbonyl (C=O) groups excluding carboxylic acids is 2. The monoisotopic (exact) mass is 373 g/mol. The number of anilines is 1. The molecule has 1 aromatic carbocycles. The molecule has 1 N–H and O–H groups in total. The highest BCUT2D eigenvalue weighted by atomic mass is 16.5. The Hall–Kier alpha value is -2.16. The molecular formula is C19H27N5O3. The second-order valence-electron chi connectivity index (χ2n) is 7.60. The van der Waals surface area contributed by atoms with Gasteiger partial charge in [0.25, 0.3) is 5.91 Å². The lowest BCUT2D eigenvalue weighted by Gasteiger charge is -2.46. The van der Waals surface area contributed by atoms with Crippen LogP contribution in [0.15, 0.2) is 30.3 Å². The van der Waals surface area contributed by atoms with E-state index in [0.717, 1.165) is 18.8 Å². The van der Waals surface area contributed by atoms with E-state index < -0.39 is 0 Å². The lowest BCUT2D eigenvalue weighted by Crippen LogP contribution is -2.67. The smallest absolute Gasteiger partial charge is 0.327 e. The van der Waals surface area contributed by atoms with Crippen molar-refractivity contribution in [2.75, 3.05) is 45.3 Å². The van der Waals surface area contributed by atoms with Gasteiger partial charge in [0, 0.05) is 32.9 Å². The number of nitrogens with one attached hydrogen (secondary N) is 1. The average molecular weight is 373 g/mol. The molecule has 0 radical (unpaired) electrons. The van der Waals surface area contributed by atoms with Crippen molar-refractivity contribution in [2.24, 2.45) is 5.92 Å². The number of rotatable bonds is 4.